The average molecular weight is 226 g/mol. The summed E-state index contributed by atoms with van der Waals surface area (Å²) < 4.78 is 0. The molecule has 0 aromatic heterocycles. The average Bonchev–Trinajstić information content (AvgIpc) is 2.12. The summed E-state index contributed by atoms with van der Waals surface area (Å²) in [5.41, 5.74) is 0. The fraction of sp³-hybridized carbons (Fsp3) is 0.667. The molecule has 0 aliphatic carbocycles. The van der Waals surface area contributed by atoms with E-state index in [1.54, 1.807) is 6.08 Å². The van der Waals surface area contributed by atoms with Crippen molar-refractivity contribution in [1.29, 1.82) is 0 Å². The van der Waals surface area contributed by atoms with E-state index >= 15 is 0 Å². The first-order valence-corrected chi connectivity index (χ1v) is 9.11. The molecule has 0 fully saturated rings. The van der Waals surface area contributed by atoms with E-state index in [4.69, 9.17) is 0 Å². The van der Waals surface area contributed by atoms with Gasteiger partial charge in [-0.15, -0.1) is 0 Å². The van der Waals surface area contributed by atoms with Gasteiger partial charge >= 0.3 is 0 Å². The van der Waals surface area contributed by atoms with Gasteiger partial charge in [0.2, 0.25) is 0 Å². The molecule has 0 saturated carbocycles. The Morgan fingerprint density at radius 2 is 1.67 bits per heavy atom. The van der Waals surface area contributed by atoms with Gasteiger partial charge in [-0.25, -0.2) is 0 Å². The lowest BCUT2D eigenvalue weighted by atomic mass is 10.2. The van der Waals surface area contributed by atoms with Gasteiger partial charge in [-0.2, -0.15) is 0 Å². The molecule has 0 aromatic carbocycles. The van der Waals surface area contributed by atoms with E-state index in [-0.39, 0.29) is 11.6 Å². The number of rotatable bonds is 6. The zero-order chi connectivity index (χ0) is 12.1. The lowest BCUT2D eigenvalue weighted by Gasteiger charge is -2.19. The van der Waals surface area contributed by atoms with Crippen molar-refractivity contribution in [3.8, 4) is 0 Å². The van der Waals surface area contributed by atoms with E-state index < -0.39 is 8.07 Å². The fourth-order valence-electron chi connectivity index (χ4n) is 1.34. The molecule has 0 atom stereocenters. The number of hydrogen-bond acceptors (Lipinski definition) is 2. The Morgan fingerprint density at radius 3 is 2.00 bits per heavy atom. The number of allylic oxidation sites excluding steroid dienone is 2. The second kappa shape index (κ2) is 6.01. The van der Waals surface area contributed by atoms with Crippen LogP contribution in [0.4, 0.5) is 0 Å². The summed E-state index contributed by atoms with van der Waals surface area (Å²) >= 11 is 0. The van der Waals surface area contributed by atoms with Gasteiger partial charge < -0.3 is 0 Å². The molecule has 0 N–H and O–H groups in total. The van der Waals surface area contributed by atoms with Crippen LogP contribution < -0.4 is 0 Å². The molecule has 0 amide bonds. The van der Waals surface area contributed by atoms with Gasteiger partial charge in [-0.1, -0.05) is 33.5 Å². The summed E-state index contributed by atoms with van der Waals surface area (Å²) in [4.78, 5) is 23.2. The van der Waals surface area contributed by atoms with Crippen LogP contribution in [0.1, 0.15) is 33.1 Å². The van der Waals surface area contributed by atoms with Crippen LogP contribution in [0.15, 0.2) is 11.3 Å². The fourth-order valence-corrected chi connectivity index (χ4v) is 2.90. The first-order valence-electron chi connectivity index (χ1n) is 5.61. The van der Waals surface area contributed by atoms with Crippen LogP contribution in [0.5, 0.6) is 0 Å². The summed E-state index contributed by atoms with van der Waals surface area (Å²) in [7, 11) is -1.68. The molecule has 0 saturated heterocycles. The smallest absolute Gasteiger partial charge is 0.155 e. The lowest BCUT2D eigenvalue weighted by molar-refractivity contribution is -0.117. The zero-order valence-electron chi connectivity index (χ0n) is 10.5. The zero-order valence-corrected chi connectivity index (χ0v) is 11.5. The highest BCUT2D eigenvalue weighted by Gasteiger charge is 2.25. The predicted molar refractivity (Wildman–Crippen MR) is 66.6 cm³/mol. The third kappa shape index (κ3) is 5.07. The molecule has 0 radical (unpaired) electrons. The topological polar surface area (TPSA) is 34.1 Å². The molecule has 0 heterocycles. The third-order valence-corrected chi connectivity index (χ3v) is 4.28. The maximum Gasteiger partial charge on any atom is 0.155 e. The molecule has 0 spiro atoms. The van der Waals surface area contributed by atoms with Gasteiger partial charge in [0.15, 0.2) is 11.6 Å². The SMILES string of the molecule is CCCC(=O)/C(=C/C(=O)CC)[Si](C)(C)C. The monoisotopic (exact) mass is 226 g/mol. The number of carbonyl (C=O) groups excluding carboxylic acids is 2. The van der Waals surface area contributed by atoms with E-state index in [1.807, 2.05) is 13.8 Å². The molecule has 0 aromatic rings. The molecule has 2 nitrogen and oxygen atoms in total. The first-order chi connectivity index (χ1) is 6.82. The third-order valence-electron chi connectivity index (χ3n) is 2.24. The van der Waals surface area contributed by atoms with Crippen LogP contribution in [-0.4, -0.2) is 19.6 Å². The summed E-state index contributed by atoms with van der Waals surface area (Å²) in [6.45, 7) is 10.1. The molecule has 0 bridgehead atoms. The molecule has 0 aliphatic rings. The highest BCUT2D eigenvalue weighted by atomic mass is 28.3. The van der Waals surface area contributed by atoms with Crippen LogP contribution in [0, 0.1) is 0 Å². The number of Topliss-reactive ketones (excluding diaryl/α,β-unsaturated/α-hetero) is 1. The standard InChI is InChI=1S/C12H22O2Si/c1-6-8-11(14)12(15(3,4)5)9-10(13)7-2/h9H,6-8H2,1-5H3/b12-9-. The predicted octanol–water partition coefficient (Wildman–Crippen LogP) is 3.14. The number of hydrogen-bond donors (Lipinski definition) is 0. The molecule has 86 valence electrons. The Balaban J connectivity index is 4.99. The lowest BCUT2D eigenvalue weighted by Crippen LogP contribution is -2.30. The van der Waals surface area contributed by atoms with E-state index in [0.29, 0.717) is 12.8 Å². The summed E-state index contributed by atoms with van der Waals surface area (Å²) in [6.07, 6.45) is 3.48. The van der Waals surface area contributed by atoms with Crippen molar-refractivity contribution in [2.24, 2.45) is 0 Å². The normalized spacial score (nSPS) is 12.7. The highest BCUT2D eigenvalue weighted by molar-refractivity contribution is 6.87. The Kier molecular flexibility index (Phi) is 5.72. The van der Waals surface area contributed by atoms with E-state index in [1.165, 1.54) is 0 Å². The van der Waals surface area contributed by atoms with Gasteiger partial charge in [-0.3, -0.25) is 9.59 Å². The molecule has 0 rings (SSSR count). The van der Waals surface area contributed by atoms with E-state index in [2.05, 4.69) is 19.6 Å². The molecule has 0 aliphatic heterocycles. The van der Waals surface area contributed by atoms with Crippen LogP contribution in [0.25, 0.3) is 0 Å². The summed E-state index contributed by atoms with van der Waals surface area (Å²) in [5, 5.41) is 0.802. The Morgan fingerprint density at radius 1 is 1.13 bits per heavy atom. The molecular formula is C12H22O2Si. The maximum atomic E-state index is 11.9. The van der Waals surface area contributed by atoms with Crippen LogP contribution in [0.2, 0.25) is 19.6 Å². The molecule has 0 unspecified atom stereocenters. The molecular weight excluding hydrogens is 204 g/mol. The number of ketones is 2. The van der Waals surface area contributed by atoms with Crippen molar-refractivity contribution in [3.05, 3.63) is 11.3 Å². The van der Waals surface area contributed by atoms with Gasteiger partial charge in [0.05, 0.1) is 8.07 Å². The van der Waals surface area contributed by atoms with Crippen molar-refractivity contribution in [3.63, 3.8) is 0 Å². The Bertz CT molecular complexity index is 272. The van der Waals surface area contributed by atoms with Gasteiger partial charge in [-0.05, 0) is 17.7 Å². The Hall–Kier alpha value is -0.703. The molecule has 3 heteroatoms. The minimum Gasteiger partial charge on any atom is -0.295 e. The first kappa shape index (κ1) is 14.3. The largest absolute Gasteiger partial charge is 0.295 e. The quantitative estimate of drug-likeness (QED) is 0.515. The van der Waals surface area contributed by atoms with Crippen molar-refractivity contribution in [2.45, 2.75) is 52.8 Å². The van der Waals surface area contributed by atoms with Gasteiger partial charge in [0.25, 0.3) is 0 Å². The van der Waals surface area contributed by atoms with E-state index in [9.17, 15) is 9.59 Å². The second-order valence-electron chi connectivity index (χ2n) is 4.80. The van der Waals surface area contributed by atoms with Crippen LogP contribution >= 0.6 is 0 Å². The van der Waals surface area contributed by atoms with Crippen molar-refractivity contribution in [1.82, 2.24) is 0 Å². The summed E-state index contributed by atoms with van der Waals surface area (Å²) in [5.74, 6) is 0.232. The van der Waals surface area contributed by atoms with Crippen molar-refractivity contribution < 1.29 is 9.59 Å². The molecule has 15 heavy (non-hydrogen) atoms. The van der Waals surface area contributed by atoms with Crippen molar-refractivity contribution in [2.75, 3.05) is 0 Å². The highest BCUT2D eigenvalue weighted by Crippen LogP contribution is 2.18. The Labute approximate surface area is 93.8 Å². The van der Waals surface area contributed by atoms with E-state index in [0.717, 1.165) is 11.6 Å². The minimum atomic E-state index is -1.68. The van der Waals surface area contributed by atoms with Crippen molar-refractivity contribution >= 4 is 19.6 Å². The second-order valence-corrected chi connectivity index (χ2v) is 9.84. The van der Waals surface area contributed by atoms with Gasteiger partial charge in [0, 0.05) is 12.8 Å². The van der Waals surface area contributed by atoms with Gasteiger partial charge in [0.1, 0.15) is 0 Å². The minimum absolute atomic E-state index is 0.0666. The van der Waals surface area contributed by atoms with Crippen LogP contribution in [0.3, 0.4) is 0 Å². The maximum absolute atomic E-state index is 11.9. The van der Waals surface area contributed by atoms with Crippen LogP contribution in [-0.2, 0) is 9.59 Å². The number of carbonyl (C=O) groups is 2. The summed E-state index contributed by atoms with van der Waals surface area (Å²) in [6, 6.07) is 0.